The number of phenols is 1. The number of hydrogen-bond acceptors (Lipinski definition) is 2. The van der Waals surface area contributed by atoms with Gasteiger partial charge in [-0.15, -0.1) is 6.58 Å². The maximum Gasteiger partial charge on any atom is 0.123 e. The van der Waals surface area contributed by atoms with Crippen molar-refractivity contribution in [2.24, 2.45) is 5.92 Å². The van der Waals surface area contributed by atoms with Gasteiger partial charge < -0.3 is 10.4 Å². The summed E-state index contributed by atoms with van der Waals surface area (Å²) in [4.78, 5) is 0. The summed E-state index contributed by atoms with van der Waals surface area (Å²) in [5.74, 6) is 1.79. The molecule has 20 heavy (non-hydrogen) atoms. The lowest BCUT2D eigenvalue weighted by atomic mass is 9.77. The van der Waals surface area contributed by atoms with E-state index in [0.717, 1.165) is 12.1 Å². The average Bonchev–Trinajstić information content (AvgIpc) is 2.78. The number of phenolic OH excluding ortho intramolecular Hbond substituents is 1. The second-order valence-corrected chi connectivity index (χ2v) is 6.42. The van der Waals surface area contributed by atoms with E-state index in [1.807, 2.05) is 13.0 Å². The molecule has 0 saturated heterocycles. The highest BCUT2D eigenvalue weighted by molar-refractivity contribution is 5.55. The predicted octanol–water partition coefficient (Wildman–Crippen LogP) is 4.11. The lowest BCUT2D eigenvalue weighted by molar-refractivity contribution is 0.265. The van der Waals surface area contributed by atoms with Gasteiger partial charge in [-0.1, -0.05) is 25.0 Å². The van der Waals surface area contributed by atoms with Gasteiger partial charge in [-0.2, -0.15) is 0 Å². The number of rotatable bonds is 3. The van der Waals surface area contributed by atoms with Gasteiger partial charge in [-0.25, -0.2) is 0 Å². The summed E-state index contributed by atoms with van der Waals surface area (Å²) in [6, 6.07) is 2.45. The molecule has 0 aliphatic heterocycles. The first-order chi connectivity index (χ1) is 9.65. The van der Waals surface area contributed by atoms with E-state index in [1.165, 1.54) is 42.4 Å². The quantitative estimate of drug-likeness (QED) is 0.811. The van der Waals surface area contributed by atoms with E-state index in [4.69, 9.17) is 0 Å². The van der Waals surface area contributed by atoms with Crippen LogP contribution in [0.4, 0.5) is 0 Å². The Labute approximate surface area is 121 Å². The Morgan fingerprint density at radius 2 is 2.00 bits per heavy atom. The molecule has 3 atom stereocenters. The van der Waals surface area contributed by atoms with Crippen molar-refractivity contribution in [2.45, 2.75) is 51.5 Å². The Balaban J connectivity index is 2.11. The molecule has 2 aliphatic carbocycles. The van der Waals surface area contributed by atoms with Gasteiger partial charge in [-0.05, 0) is 55.2 Å². The summed E-state index contributed by atoms with van der Waals surface area (Å²) in [5.41, 5.74) is 4.97. The molecule has 0 amide bonds. The lowest BCUT2D eigenvalue weighted by Gasteiger charge is -2.30. The summed E-state index contributed by atoms with van der Waals surface area (Å²) in [6.07, 6.45) is 7.10. The van der Waals surface area contributed by atoms with Crippen LogP contribution < -0.4 is 5.32 Å². The third-order valence-corrected chi connectivity index (χ3v) is 5.19. The highest BCUT2D eigenvalue weighted by atomic mass is 16.3. The topological polar surface area (TPSA) is 32.3 Å². The van der Waals surface area contributed by atoms with Crippen molar-refractivity contribution in [3.63, 3.8) is 0 Å². The van der Waals surface area contributed by atoms with Gasteiger partial charge in [0.1, 0.15) is 5.75 Å². The van der Waals surface area contributed by atoms with Crippen LogP contribution in [0.15, 0.2) is 18.7 Å². The van der Waals surface area contributed by atoms with Gasteiger partial charge in [0.05, 0.1) is 0 Å². The molecule has 0 radical (unpaired) electrons. The number of aromatic hydroxyl groups is 1. The normalized spacial score (nSPS) is 28.0. The van der Waals surface area contributed by atoms with E-state index >= 15 is 0 Å². The van der Waals surface area contributed by atoms with Crippen molar-refractivity contribution in [2.75, 3.05) is 6.54 Å². The zero-order valence-corrected chi connectivity index (χ0v) is 12.6. The Morgan fingerprint density at radius 3 is 2.75 bits per heavy atom. The molecule has 2 heteroatoms. The molecule has 1 aromatic carbocycles. The van der Waals surface area contributed by atoms with Gasteiger partial charge in [0.2, 0.25) is 0 Å². The van der Waals surface area contributed by atoms with Crippen LogP contribution in [0.25, 0.3) is 0 Å². The number of fused-ring (bicyclic) bond motifs is 3. The van der Waals surface area contributed by atoms with Crippen molar-refractivity contribution in [3.05, 3.63) is 41.0 Å². The van der Waals surface area contributed by atoms with Gasteiger partial charge in [0, 0.05) is 18.2 Å². The molecule has 1 fully saturated rings. The molecule has 2 nitrogen and oxygen atoms in total. The molecule has 3 rings (SSSR count). The van der Waals surface area contributed by atoms with Crippen molar-refractivity contribution in [1.82, 2.24) is 5.32 Å². The molecular formula is C18H25NO. The van der Waals surface area contributed by atoms with Crippen LogP contribution in [0.1, 0.15) is 59.9 Å². The largest absolute Gasteiger partial charge is 0.507 e. The molecule has 0 bridgehead atoms. The van der Waals surface area contributed by atoms with Gasteiger partial charge in [0.25, 0.3) is 0 Å². The minimum Gasteiger partial charge on any atom is -0.507 e. The van der Waals surface area contributed by atoms with Crippen LogP contribution in [0, 0.1) is 19.8 Å². The molecule has 1 saturated carbocycles. The second-order valence-electron chi connectivity index (χ2n) is 6.42. The van der Waals surface area contributed by atoms with E-state index in [-0.39, 0.29) is 0 Å². The van der Waals surface area contributed by atoms with Crippen molar-refractivity contribution < 1.29 is 5.11 Å². The molecule has 1 aromatic rings. The third kappa shape index (κ3) is 1.98. The first-order valence-corrected chi connectivity index (χ1v) is 7.82. The predicted molar refractivity (Wildman–Crippen MR) is 83.2 cm³/mol. The SMILES string of the molecule is C=CCNC1c2c(O)c(C)cc(C)c2C2CCCCC21. The average molecular weight is 271 g/mol. The summed E-state index contributed by atoms with van der Waals surface area (Å²) in [5, 5.41) is 14.2. The standard InChI is InChI=1S/C18H25NO/c1-4-9-19-17-14-8-6-5-7-13(14)15-11(2)10-12(3)18(20)16(15)17/h4,10,13-14,17,19-20H,1,5-9H2,2-3H3. The van der Waals surface area contributed by atoms with Crippen molar-refractivity contribution in [3.8, 4) is 5.75 Å². The highest BCUT2D eigenvalue weighted by Crippen LogP contribution is 2.56. The third-order valence-electron chi connectivity index (χ3n) is 5.19. The molecule has 2 N–H and O–H groups in total. The second kappa shape index (κ2) is 5.25. The zero-order chi connectivity index (χ0) is 14.3. The monoisotopic (exact) mass is 271 g/mol. The summed E-state index contributed by atoms with van der Waals surface area (Å²) in [7, 11) is 0. The van der Waals surface area contributed by atoms with Gasteiger partial charge in [-0.3, -0.25) is 0 Å². The van der Waals surface area contributed by atoms with E-state index in [1.54, 1.807) is 0 Å². The maximum absolute atomic E-state index is 10.6. The molecular weight excluding hydrogens is 246 g/mol. The molecule has 0 aromatic heterocycles. The fraction of sp³-hybridized carbons (Fsp3) is 0.556. The lowest BCUT2D eigenvalue weighted by Crippen LogP contribution is -2.28. The van der Waals surface area contributed by atoms with Crippen LogP contribution in [0.3, 0.4) is 0 Å². The first kappa shape index (κ1) is 13.7. The van der Waals surface area contributed by atoms with Crippen LogP contribution in [-0.4, -0.2) is 11.7 Å². The van der Waals surface area contributed by atoms with Gasteiger partial charge in [0.15, 0.2) is 0 Å². The minimum atomic E-state index is 0.298. The first-order valence-electron chi connectivity index (χ1n) is 7.82. The number of benzene rings is 1. The Kier molecular flexibility index (Phi) is 3.59. The minimum absolute atomic E-state index is 0.298. The Hall–Kier alpha value is -1.28. The summed E-state index contributed by atoms with van der Waals surface area (Å²) >= 11 is 0. The van der Waals surface area contributed by atoms with Crippen LogP contribution in [0.2, 0.25) is 0 Å². The number of aryl methyl sites for hydroxylation is 2. The molecule has 0 heterocycles. The smallest absolute Gasteiger partial charge is 0.123 e. The van der Waals surface area contributed by atoms with E-state index < -0.39 is 0 Å². The van der Waals surface area contributed by atoms with E-state index in [2.05, 4.69) is 24.9 Å². The number of nitrogens with one attached hydrogen (secondary N) is 1. The Bertz CT molecular complexity index is 535. The van der Waals surface area contributed by atoms with Crippen LogP contribution in [0.5, 0.6) is 5.75 Å². The number of hydrogen-bond donors (Lipinski definition) is 2. The molecule has 3 unspecified atom stereocenters. The maximum atomic E-state index is 10.6. The summed E-state index contributed by atoms with van der Waals surface area (Å²) < 4.78 is 0. The van der Waals surface area contributed by atoms with Crippen molar-refractivity contribution in [1.29, 1.82) is 0 Å². The molecule has 108 valence electrons. The van der Waals surface area contributed by atoms with E-state index in [0.29, 0.717) is 23.6 Å². The van der Waals surface area contributed by atoms with Crippen LogP contribution in [-0.2, 0) is 0 Å². The fourth-order valence-corrected chi connectivity index (χ4v) is 4.43. The summed E-state index contributed by atoms with van der Waals surface area (Å²) in [6.45, 7) is 8.83. The molecule has 0 spiro atoms. The Morgan fingerprint density at radius 1 is 1.25 bits per heavy atom. The van der Waals surface area contributed by atoms with Crippen molar-refractivity contribution >= 4 is 0 Å². The van der Waals surface area contributed by atoms with Gasteiger partial charge >= 0.3 is 0 Å². The highest BCUT2D eigenvalue weighted by Gasteiger charge is 2.44. The molecule has 2 aliphatic rings. The zero-order valence-electron chi connectivity index (χ0n) is 12.6. The fourth-order valence-electron chi connectivity index (χ4n) is 4.43. The van der Waals surface area contributed by atoms with Crippen LogP contribution >= 0.6 is 0 Å². The van der Waals surface area contributed by atoms with E-state index in [9.17, 15) is 5.11 Å².